The maximum atomic E-state index is 11.9. The Morgan fingerprint density at radius 2 is 2.29 bits per heavy atom. The number of ether oxygens (including phenoxy) is 1. The van der Waals surface area contributed by atoms with Gasteiger partial charge in [-0.05, 0) is 25.5 Å². The van der Waals surface area contributed by atoms with Gasteiger partial charge >= 0.3 is 5.97 Å². The van der Waals surface area contributed by atoms with Gasteiger partial charge in [-0.15, -0.1) is 0 Å². The molecule has 2 atom stereocenters. The first-order valence-corrected chi connectivity index (χ1v) is 6.24. The maximum absolute atomic E-state index is 11.9. The summed E-state index contributed by atoms with van der Waals surface area (Å²) < 4.78 is 5.54. The van der Waals surface area contributed by atoms with E-state index in [2.05, 4.69) is 7.05 Å². The minimum atomic E-state index is -0.187. The number of likely N-dealkylation sites (N-methyl/N-ethyl adjacent to an activating group) is 1. The molecule has 1 aromatic rings. The van der Waals surface area contributed by atoms with Gasteiger partial charge in [0.25, 0.3) is 0 Å². The van der Waals surface area contributed by atoms with Crippen molar-refractivity contribution in [2.75, 3.05) is 20.1 Å². The molecular weight excluding hydrogens is 214 g/mol. The zero-order chi connectivity index (χ0) is 12.3. The van der Waals surface area contributed by atoms with Crippen LogP contribution in [0, 0.1) is 6.92 Å². The molecule has 0 bridgehead atoms. The van der Waals surface area contributed by atoms with E-state index < -0.39 is 0 Å². The van der Waals surface area contributed by atoms with E-state index in [1.165, 1.54) is 11.4 Å². The van der Waals surface area contributed by atoms with Crippen molar-refractivity contribution in [1.82, 2.24) is 0 Å². The summed E-state index contributed by atoms with van der Waals surface area (Å²) >= 11 is 0. The van der Waals surface area contributed by atoms with Crippen LogP contribution >= 0.6 is 0 Å². The van der Waals surface area contributed by atoms with Gasteiger partial charge in [-0.1, -0.05) is 17.7 Å². The van der Waals surface area contributed by atoms with Crippen molar-refractivity contribution in [3.8, 4) is 0 Å². The second kappa shape index (κ2) is 5.32. The standard InChI is InChI=1S/C14H19NO2/c1-11-5-3-6-12(9-11)14(16)17-13-7-4-8-15(2)10-13/h3,5-6,9,13H,4,7-8,10H2,1-2H3/p+1/t13-/m0/s1. The number of piperidine rings is 1. The second-order valence-electron chi connectivity index (χ2n) is 4.95. The molecule has 1 heterocycles. The number of carbonyl (C=O) groups excluding carboxylic acids is 1. The van der Waals surface area contributed by atoms with Crippen molar-refractivity contribution in [2.45, 2.75) is 25.9 Å². The fourth-order valence-corrected chi connectivity index (χ4v) is 2.32. The Balaban J connectivity index is 1.97. The molecule has 17 heavy (non-hydrogen) atoms. The Kier molecular flexibility index (Phi) is 3.79. The highest BCUT2D eigenvalue weighted by atomic mass is 16.5. The van der Waals surface area contributed by atoms with Gasteiger partial charge in [-0.25, -0.2) is 4.79 Å². The molecule has 3 heteroatoms. The number of quaternary nitrogens is 1. The maximum Gasteiger partial charge on any atom is 0.338 e. The van der Waals surface area contributed by atoms with Gasteiger partial charge in [0.1, 0.15) is 6.54 Å². The number of hydrogen-bond acceptors (Lipinski definition) is 2. The molecule has 0 spiro atoms. The first-order chi connectivity index (χ1) is 8.15. The fourth-order valence-electron chi connectivity index (χ4n) is 2.32. The Hall–Kier alpha value is -1.35. The molecule has 0 aromatic heterocycles. The van der Waals surface area contributed by atoms with Gasteiger partial charge in [-0.2, -0.15) is 0 Å². The Morgan fingerprint density at radius 1 is 1.47 bits per heavy atom. The molecule has 0 radical (unpaired) electrons. The number of likely N-dealkylation sites (tertiary alicyclic amines) is 1. The van der Waals surface area contributed by atoms with Crippen LogP contribution in [0.3, 0.4) is 0 Å². The highest BCUT2D eigenvalue weighted by molar-refractivity contribution is 5.89. The SMILES string of the molecule is Cc1cccc(C(=O)O[C@H]2CCC[NH+](C)C2)c1. The van der Waals surface area contributed by atoms with Gasteiger partial charge < -0.3 is 9.64 Å². The van der Waals surface area contributed by atoms with Crippen molar-refractivity contribution >= 4 is 5.97 Å². The molecule has 1 unspecified atom stereocenters. The van der Waals surface area contributed by atoms with Crippen molar-refractivity contribution in [1.29, 1.82) is 0 Å². The molecule has 92 valence electrons. The summed E-state index contributed by atoms with van der Waals surface area (Å²) in [5.74, 6) is -0.187. The molecule has 0 saturated carbocycles. The first-order valence-electron chi connectivity index (χ1n) is 6.24. The predicted octanol–water partition coefficient (Wildman–Crippen LogP) is 0.829. The van der Waals surface area contributed by atoms with E-state index in [-0.39, 0.29) is 12.1 Å². The molecule has 2 rings (SSSR count). The van der Waals surface area contributed by atoms with Gasteiger partial charge in [0, 0.05) is 6.42 Å². The summed E-state index contributed by atoms with van der Waals surface area (Å²) in [6.07, 6.45) is 2.21. The minimum absolute atomic E-state index is 0.0803. The lowest BCUT2D eigenvalue weighted by Gasteiger charge is -2.26. The van der Waals surface area contributed by atoms with Crippen LogP contribution in [0.25, 0.3) is 0 Å². The molecule has 0 amide bonds. The fraction of sp³-hybridized carbons (Fsp3) is 0.500. The normalized spacial score (nSPS) is 24.4. The number of carbonyl (C=O) groups is 1. The van der Waals surface area contributed by atoms with Crippen LogP contribution in [-0.4, -0.2) is 32.2 Å². The molecular formula is C14H20NO2+. The van der Waals surface area contributed by atoms with Crippen molar-refractivity contribution in [3.05, 3.63) is 35.4 Å². The van der Waals surface area contributed by atoms with Gasteiger partial charge in [0.2, 0.25) is 0 Å². The molecule has 1 aromatic carbocycles. The molecule has 3 nitrogen and oxygen atoms in total. The van der Waals surface area contributed by atoms with Crippen LogP contribution in [0.15, 0.2) is 24.3 Å². The van der Waals surface area contributed by atoms with Gasteiger partial charge in [0.05, 0.1) is 19.2 Å². The topological polar surface area (TPSA) is 30.7 Å². The Labute approximate surface area is 102 Å². The third-order valence-corrected chi connectivity index (χ3v) is 3.23. The third kappa shape index (κ3) is 3.30. The molecule has 0 aliphatic carbocycles. The quantitative estimate of drug-likeness (QED) is 0.768. The van der Waals surface area contributed by atoms with Crippen LogP contribution < -0.4 is 4.90 Å². The summed E-state index contributed by atoms with van der Waals surface area (Å²) in [7, 11) is 2.15. The van der Waals surface area contributed by atoms with E-state index in [0.29, 0.717) is 5.56 Å². The molecule has 1 aliphatic rings. The average Bonchev–Trinajstić information content (AvgIpc) is 2.29. The molecule has 1 N–H and O–H groups in total. The molecule has 1 fully saturated rings. The van der Waals surface area contributed by atoms with Crippen LogP contribution in [0.1, 0.15) is 28.8 Å². The number of esters is 1. The first kappa shape index (κ1) is 12.1. The highest BCUT2D eigenvalue weighted by Gasteiger charge is 2.24. The predicted molar refractivity (Wildman–Crippen MR) is 66.2 cm³/mol. The molecule has 1 aliphatic heterocycles. The van der Waals surface area contributed by atoms with Crippen molar-refractivity contribution in [2.24, 2.45) is 0 Å². The third-order valence-electron chi connectivity index (χ3n) is 3.23. The summed E-state index contributed by atoms with van der Waals surface area (Å²) in [5.41, 5.74) is 1.75. The second-order valence-corrected chi connectivity index (χ2v) is 4.95. The van der Waals surface area contributed by atoms with Gasteiger partial charge in [-0.3, -0.25) is 0 Å². The largest absolute Gasteiger partial charge is 0.453 e. The van der Waals surface area contributed by atoms with E-state index in [0.717, 1.165) is 24.9 Å². The Morgan fingerprint density at radius 3 is 3.00 bits per heavy atom. The smallest absolute Gasteiger partial charge is 0.338 e. The molecule has 1 saturated heterocycles. The van der Waals surface area contributed by atoms with Crippen LogP contribution in [0.2, 0.25) is 0 Å². The highest BCUT2D eigenvalue weighted by Crippen LogP contribution is 2.10. The van der Waals surface area contributed by atoms with Crippen molar-refractivity contribution in [3.63, 3.8) is 0 Å². The van der Waals surface area contributed by atoms with E-state index in [9.17, 15) is 4.79 Å². The minimum Gasteiger partial charge on any atom is -0.453 e. The average molecular weight is 234 g/mol. The van der Waals surface area contributed by atoms with Crippen LogP contribution in [0.4, 0.5) is 0 Å². The van der Waals surface area contributed by atoms with Gasteiger partial charge in [0.15, 0.2) is 6.10 Å². The van der Waals surface area contributed by atoms with Crippen molar-refractivity contribution < 1.29 is 14.4 Å². The lowest BCUT2D eigenvalue weighted by molar-refractivity contribution is -0.888. The van der Waals surface area contributed by atoms with E-state index in [1.54, 1.807) is 0 Å². The zero-order valence-electron chi connectivity index (χ0n) is 10.5. The summed E-state index contributed by atoms with van der Waals surface area (Å²) in [6.45, 7) is 4.09. The van der Waals surface area contributed by atoms with E-state index >= 15 is 0 Å². The summed E-state index contributed by atoms with van der Waals surface area (Å²) in [5, 5.41) is 0. The van der Waals surface area contributed by atoms with E-state index in [4.69, 9.17) is 4.74 Å². The van der Waals surface area contributed by atoms with Crippen LogP contribution in [-0.2, 0) is 4.74 Å². The Bertz CT molecular complexity index is 403. The summed E-state index contributed by atoms with van der Waals surface area (Å²) in [4.78, 5) is 13.4. The summed E-state index contributed by atoms with van der Waals surface area (Å²) in [6, 6.07) is 7.57. The number of benzene rings is 1. The van der Waals surface area contributed by atoms with Crippen LogP contribution in [0.5, 0.6) is 0 Å². The zero-order valence-corrected chi connectivity index (χ0v) is 10.5. The monoisotopic (exact) mass is 234 g/mol. The number of aryl methyl sites for hydroxylation is 1. The lowest BCUT2D eigenvalue weighted by atomic mass is 10.1. The number of rotatable bonds is 2. The number of hydrogen-bond donors (Lipinski definition) is 1. The lowest BCUT2D eigenvalue weighted by Crippen LogP contribution is -3.11. The number of nitrogens with one attached hydrogen (secondary N) is 1. The van der Waals surface area contributed by atoms with E-state index in [1.807, 2.05) is 31.2 Å².